The molecule has 0 spiro atoms. The lowest BCUT2D eigenvalue weighted by molar-refractivity contribution is 0.477. The van der Waals surface area contributed by atoms with Gasteiger partial charge in [0.1, 0.15) is 5.75 Å². The molecule has 0 aliphatic heterocycles. The monoisotopic (exact) mass is 231 g/mol. The van der Waals surface area contributed by atoms with Crippen molar-refractivity contribution in [1.82, 2.24) is 0 Å². The highest BCUT2D eigenvalue weighted by atomic mass is 32.2. The van der Waals surface area contributed by atoms with Gasteiger partial charge in [-0.25, -0.2) is 8.42 Å². The average Bonchev–Trinajstić information content (AvgIpc) is 2.12. The zero-order valence-corrected chi connectivity index (χ0v) is 10.2. The van der Waals surface area contributed by atoms with Gasteiger partial charge in [-0.15, -0.1) is 0 Å². The smallest absolute Gasteiger partial charge is 0.229 e. The van der Waals surface area contributed by atoms with Crippen molar-refractivity contribution < 1.29 is 13.5 Å². The summed E-state index contributed by atoms with van der Waals surface area (Å²) in [6, 6.07) is 4.71. The highest BCUT2D eigenvalue weighted by Gasteiger charge is 2.05. The first-order chi connectivity index (χ1) is 6.88. The van der Waals surface area contributed by atoms with Crippen LogP contribution in [0.2, 0.25) is 0 Å². The molecule has 4 nitrogen and oxygen atoms in total. The summed E-state index contributed by atoms with van der Waals surface area (Å²) in [6.45, 7) is 5.81. The summed E-state index contributed by atoms with van der Waals surface area (Å²) < 4.78 is 23.9. The molecule has 0 heterocycles. The molecule has 0 amide bonds. The molecule has 0 fully saturated rings. The van der Waals surface area contributed by atoms with Gasteiger partial charge in [-0.1, -0.05) is 19.9 Å². The van der Waals surface area contributed by atoms with Crippen LogP contribution in [0.4, 0.5) is 5.69 Å². The van der Waals surface area contributed by atoms with Gasteiger partial charge in [0.25, 0.3) is 0 Å². The van der Waals surface area contributed by atoms with E-state index in [9.17, 15) is 13.5 Å². The Balaban J connectivity index is 0.000000921. The maximum absolute atomic E-state index is 10.8. The van der Waals surface area contributed by atoms with E-state index < -0.39 is 10.0 Å². The third-order valence-electron chi connectivity index (χ3n) is 1.45. The molecule has 1 aromatic rings. The number of phenols is 1. The van der Waals surface area contributed by atoms with E-state index in [1.165, 1.54) is 6.07 Å². The van der Waals surface area contributed by atoms with Gasteiger partial charge in [0, 0.05) is 0 Å². The van der Waals surface area contributed by atoms with Gasteiger partial charge < -0.3 is 5.11 Å². The zero-order chi connectivity index (χ0) is 12.1. The van der Waals surface area contributed by atoms with E-state index in [2.05, 4.69) is 4.72 Å². The van der Waals surface area contributed by atoms with Gasteiger partial charge in [0.2, 0.25) is 10.0 Å². The lowest BCUT2D eigenvalue weighted by Crippen LogP contribution is -2.09. The second-order valence-electron chi connectivity index (χ2n) is 2.89. The summed E-state index contributed by atoms with van der Waals surface area (Å²) in [4.78, 5) is 0. The van der Waals surface area contributed by atoms with Gasteiger partial charge in [-0.05, 0) is 24.6 Å². The number of hydrogen-bond donors (Lipinski definition) is 2. The number of phenolic OH excluding ortho intramolecular Hbond substituents is 1. The fourth-order valence-corrected chi connectivity index (χ4v) is 1.49. The van der Waals surface area contributed by atoms with Crippen LogP contribution in [0.25, 0.3) is 0 Å². The van der Waals surface area contributed by atoms with Crippen molar-refractivity contribution in [2.24, 2.45) is 0 Å². The molecule has 86 valence electrons. The Hall–Kier alpha value is -1.23. The van der Waals surface area contributed by atoms with Crippen molar-refractivity contribution in [1.29, 1.82) is 0 Å². The molecule has 1 aromatic carbocycles. The lowest BCUT2D eigenvalue weighted by Gasteiger charge is -2.06. The molecular formula is C10H17NO3S. The summed E-state index contributed by atoms with van der Waals surface area (Å²) in [5, 5.41) is 9.27. The van der Waals surface area contributed by atoms with Crippen LogP contribution in [0, 0.1) is 6.92 Å². The van der Waals surface area contributed by atoms with E-state index in [4.69, 9.17) is 0 Å². The van der Waals surface area contributed by atoms with Gasteiger partial charge in [0.05, 0.1) is 11.9 Å². The Morgan fingerprint density at radius 3 is 2.27 bits per heavy atom. The Bertz CT molecular complexity index is 413. The van der Waals surface area contributed by atoms with E-state index >= 15 is 0 Å². The van der Waals surface area contributed by atoms with E-state index in [-0.39, 0.29) is 11.4 Å². The molecule has 0 aliphatic rings. The van der Waals surface area contributed by atoms with Crippen molar-refractivity contribution in [3.63, 3.8) is 0 Å². The minimum Gasteiger partial charge on any atom is -0.506 e. The standard InChI is InChI=1S/C8H11NO3S.C2H6/c1-6-3-4-8(10)7(5-6)9-13(2,11)12;1-2/h3-5,9-10H,1-2H3;1-2H3. The van der Waals surface area contributed by atoms with E-state index in [0.717, 1.165) is 11.8 Å². The minimum absolute atomic E-state index is 0.0731. The number of anilines is 1. The van der Waals surface area contributed by atoms with Crippen LogP contribution in [-0.4, -0.2) is 19.8 Å². The summed E-state index contributed by atoms with van der Waals surface area (Å²) in [5.41, 5.74) is 1.09. The molecule has 0 atom stereocenters. The van der Waals surface area contributed by atoms with Crippen LogP contribution in [0.3, 0.4) is 0 Å². The van der Waals surface area contributed by atoms with Gasteiger partial charge in [-0.2, -0.15) is 0 Å². The predicted molar refractivity (Wildman–Crippen MR) is 62.7 cm³/mol. The van der Waals surface area contributed by atoms with E-state index in [1.807, 2.05) is 20.8 Å². The Kier molecular flexibility index (Phi) is 5.14. The molecule has 0 unspecified atom stereocenters. The first-order valence-corrected chi connectivity index (χ1v) is 6.55. The summed E-state index contributed by atoms with van der Waals surface area (Å²) in [7, 11) is -3.33. The largest absolute Gasteiger partial charge is 0.506 e. The van der Waals surface area contributed by atoms with Crippen LogP contribution in [-0.2, 0) is 10.0 Å². The lowest BCUT2D eigenvalue weighted by atomic mass is 10.2. The molecule has 15 heavy (non-hydrogen) atoms. The van der Waals surface area contributed by atoms with Gasteiger partial charge in [0.15, 0.2) is 0 Å². The number of sulfonamides is 1. The second kappa shape index (κ2) is 5.60. The highest BCUT2D eigenvalue weighted by Crippen LogP contribution is 2.24. The SMILES string of the molecule is CC.Cc1ccc(O)c(NS(C)(=O)=O)c1. The topological polar surface area (TPSA) is 66.4 Å². The fourth-order valence-electron chi connectivity index (χ4n) is 0.931. The molecule has 5 heteroatoms. The van der Waals surface area contributed by atoms with Crippen LogP contribution < -0.4 is 4.72 Å². The molecule has 0 saturated carbocycles. The van der Waals surface area contributed by atoms with Crippen LogP contribution >= 0.6 is 0 Å². The Morgan fingerprint density at radius 1 is 1.27 bits per heavy atom. The molecule has 0 saturated heterocycles. The maximum Gasteiger partial charge on any atom is 0.229 e. The Labute approximate surface area is 91.0 Å². The number of aromatic hydroxyl groups is 1. The first-order valence-electron chi connectivity index (χ1n) is 4.66. The molecule has 0 aromatic heterocycles. The van der Waals surface area contributed by atoms with Gasteiger partial charge in [-0.3, -0.25) is 4.72 Å². The van der Waals surface area contributed by atoms with Crippen molar-refractivity contribution in [3.05, 3.63) is 23.8 Å². The average molecular weight is 231 g/mol. The number of benzene rings is 1. The van der Waals surface area contributed by atoms with E-state index in [0.29, 0.717) is 0 Å². The van der Waals surface area contributed by atoms with E-state index in [1.54, 1.807) is 12.1 Å². The molecule has 0 radical (unpaired) electrons. The molecule has 0 aliphatic carbocycles. The number of rotatable bonds is 2. The van der Waals surface area contributed by atoms with Crippen molar-refractivity contribution >= 4 is 15.7 Å². The van der Waals surface area contributed by atoms with Crippen molar-refractivity contribution in [2.45, 2.75) is 20.8 Å². The molecule has 0 bridgehead atoms. The number of aryl methyl sites for hydroxylation is 1. The zero-order valence-electron chi connectivity index (χ0n) is 9.40. The van der Waals surface area contributed by atoms with Crippen molar-refractivity contribution in [2.75, 3.05) is 11.0 Å². The minimum atomic E-state index is -3.33. The quantitative estimate of drug-likeness (QED) is 0.766. The molecule has 1 rings (SSSR count). The second-order valence-corrected chi connectivity index (χ2v) is 4.64. The Morgan fingerprint density at radius 2 is 1.80 bits per heavy atom. The predicted octanol–water partition coefficient (Wildman–Crippen LogP) is 2.10. The summed E-state index contributed by atoms with van der Waals surface area (Å²) in [6.07, 6.45) is 1.04. The summed E-state index contributed by atoms with van der Waals surface area (Å²) in [5.74, 6) is -0.0731. The normalized spacial score (nSPS) is 10.1. The van der Waals surface area contributed by atoms with Crippen LogP contribution in [0.1, 0.15) is 19.4 Å². The molecule has 2 N–H and O–H groups in total. The van der Waals surface area contributed by atoms with Crippen molar-refractivity contribution in [3.8, 4) is 5.75 Å². The molecular weight excluding hydrogens is 214 g/mol. The first kappa shape index (κ1) is 13.8. The van der Waals surface area contributed by atoms with Crippen LogP contribution in [0.15, 0.2) is 18.2 Å². The van der Waals surface area contributed by atoms with Gasteiger partial charge >= 0.3 is 0 Å². The van der Waals surface area contributed by atoms with Crippen LogP contribution in [0.5, 0.6) is 5.75 Å². The summed E-state index contributed by atoms with van der Waals surface area (Å²) >= 11 is 0. The third-order valence-corrected chi connectivity index (χ3v) is 2.04. The number of hydrogen-bond acceptors (Lipinski definition) is 3. The number of nitrogens with one attached hydrogen (secondary N) is 1. The third kappa shape index (κ3) is 5.27. The fraction of sp³-hybridized carbons (Fsp3) is 0.400. The highest BCUT2D eigenvalue weighted by molar-refractivity contribution is 7.92. The maximum atomic E-state index is 10.8.